The van der Waals surface area contributed by atoms with Gasteiger partial charge in [-0.1, -0.05) is 37.3 Å². The summed E-state index contributed by atoms with van der Waals surface area (Å²) in [5, 5.41) is 7.40. The SMILES string of the molecule is CCC(NC(=O)c1c(C)nn(C)c1C)c1ccccc1. The van der Waals surface area contributed by atoms with E-state index in [0.717, 1.165) is 23.4 Å². The molecule has 0 bridgehead atoms. The first-order valence-electron chi connectivity index (χ1n) is 6.90. The first kappa shape index (κ1) is 14.3. The highest BCUT2D eigenvalue weighted by molar-refractivity contribution is 5.96. The van der Waals surface area contributed by atoms with E-state index in [9.17, 15) is 4.79 Å². The van der Waals surface area contributed by atoms with Gasteiger partial charge in [-0.25, -0.2) is 0 Å². The van der Waals surface area contributed by atoms with Crippen LogP contribution in [-0.2, 0) is 7.05 Å². The smallest absolute Gasteiger partial charge is 0.255 e. The monoisotopic (exact) mass is 271 g/mol. The van der Waals surface area contributed by atoms with E-state index in [-0.39, 0.29) is 11.9 Å². The lowest BCUT2D eigenvalue weighted by Gasteiger charge is -2.17. The van der Waals surface area contributed by atoms with Gasteiger partial charge in [0.2, 0.25) is 0 Å². The van der Waals surface area contributed by atoms with Crippen molar-refractivity contribution in [2.24, 2.45) is 7.05 Å². The predicted molar refractivity (Wildman–Crippen MR) is 79.6 cm³/mol. The van der Waals surface area contributed by atoms with Gasteiger partial charge in [-0.3, -0.25) is 9.48 Å². The second-order valence-corrected chi connectivity index (χ2v) is 5.01. The molecular weight excluding hydrogens is 250 g/mol. The Morgan fingerprint density at radius 1 is 1.30 bits per heavy atom. The van der Waals surface area contributed by atoms with Gasteiger partial charge in [-0.05, 0) is 25.8 Å². The third-order valence-corrected chi connectivity index (χ3v) is 3.65. The van der Waals surface area contributed by atoms with Crippen LogP contribution in [0.15, 0.2) is 30.3 Å². The van der Waals surface area contributed by atoms with Crippen molar-refractivity contribution in [3.63, 3.8) is 0 Å². The van der Waals surface area contributed by atoms with Gasteiger partial charge in [0.25, 0.3) is 5.91 Å². The summed E-state index contributed by atoms with van der Waals surface area (Å²) < 4.78 is 1.74. The zero-order chi connectivity index (χ0) is 14.7. The maximum Gasteiger partial charge on any atom is 0.255 e. The van der Waals surface area contributed by atoms with Crippen LogP contribution in [0.25, 0.3) is 0 Å². The molecule has 0 radical (unpaired) electrons. The van der Waals surface area contributed by atoms with Crippen molar-refractivity contribution in [3.05, 3.63) is 52.8 Å². The largest absolute Gasteiger partial charge is 0.345 e. The van der Waals surface area contributed by atoms with E-state index in [2.05, 4.69) is 17.3 Å². The van der Waals surface area contributed by atoms with Crippen LogP contribution in [-0.4, -0.2) is 15.7 Å². The Morgan fingerprint density at radius 3 is 2.45 bits per heavy atom. The summed E-state index contributed by atoms with van der Waals surface area (Å²) in [4.78, 5) is 12.5. The number of carbonyl (C=O) groups excluding carboxylic acids is 1. The molecule has 1 N–H and O–H groups in total. The molecule has 106 valence electrons. The number of aromatic nitrogens is 2. The van der Waals surface area contributed by atoms with Crippen molar-refractivity contribution in [1.29, 1.82) is 0 Å². The number of hydrogen-bond donors (Lipinski definition) is 1. The minimum absolute atomic E-state index is 0.0303. The summed E-state index contributed by atoms with van der Waals surface area (Å²) in [6.45, 7) is 5.85. The van der Waals surface area contributed by atoms with E-state index in [0.29, 0.717) is 5.56 Å². The first-order chi connectivity index (χ1) is 9.54. The first-order valence-corrected chi connectivity index (χ1v) is 6.90. The zero-order valence-corrected chi connectivity index (χ0v) is 12.5. The maximum atomic E-state index is 12.5. The molecule has 1 aromatic carbocycles. The van der Waals surface area contributed by atoms with Gasteiger partial charge in [-0.15, -0.1) is 0 Å². The van der Waals surface area contributed by atoms with Gasteiger partial charge in [0.1, 0.15) is 0 Å². The summed E-state index contributed by atoms with van der Waals surface area (Å²) in [6.07, 6.45) is 0.855. The lowest BCUT2D eigenvalue weighted by molar-refractivity contribution is 0.0934. The fourth-order valence-electron chi connectivity index (χ4n) is 2.44. The average Bonchev–Trinajstić information content (AvgIpc) is 2.70. The van der Waals surface area contributed by atoms with Crippen LogP contribution in [0, 0.1) is 13.8 Å². The fraction of sp³-hybridized carbons (Fsp3) is 0.375. The molecule has 0 fully saturated rings. The van der Waals surface area contributed by atoms with Crippen molar-refractivity contribution in [3.8, 4) is 0 Å². The van der Waals surface area contributed by atoms with Crippen LogP contribution in [0.1, 0.15) is 46.7 Å². The van der Waals surface area contributed by atoms with E-state index >= 15 is 0 Å². The molecule has 20 heavy (non-hydrogen) atoms. The highest BCUT2D eigenvalue weighted by atomic mass is 16.1. The number of carbonyl (C=O) groups is 1. The second kappa shape index (κ2) is 5.90. The summed E-state index contributed by atoms with van der Waals surface area (Å²) in [5.74, 6) is -0.0520. The Bertz CT molecular complexity index is 602. The predicted octanol–water partition coefficient (Wildman–Crippen LogP) is 2.92. The van der Waals surface area contributed by atoms with Crippen LogP contribution in [0.4, 0.5) is 0 Å². The Labute approximate surface area is 119 Å². The maximum absolute atomic E-state index is 12.5. The summed E-state index contributed by atoms with van der Waals surface area (Å²) in [5.41, 5.74) is 3.47. The van der Waals surface area contributed by atoms with E-state index in [1.54, 1.807) is 4.68 Å². The molecule has 0 aliphatic carbocycles. The van der Waals surface area contributed by atoms with Crippen LogP contribution in [0.2, 0.25) is 0 Å². The second-order valence-electron chi connectivity index (χ2n) is 5.01. The zero-order valence-electron chi connectivity index (χ0n) is 12.5. The van der Waals surface area contributed by atoms with Crippen molar-refractivity contribution in [2.75, 3.05) is 0 Å². The van der Waals surface area contributed by atoms with E-state index in [1.165, 1.54) is 0 Å². The molecule has 0 spiro atoms. The molecule has 4 heteroatoms. The standard InChI is InChI=1S/C16H21N3O/c1-5-14(13-9-7-6-8-10-13)17-16(20)15-11(2)18-19(4)12(15)3/h6-10,14H,5H2,1-4H3,(H,17,20). The van der Waals surface area contributed by atoms with Crippen molar-refractivity contribution in [1.82, 2.24) is 15.1 Å². The fourth-order valence-corrected chi connectivity index (χ4v) is 2.44. The molecule has 0 saturated heterocycles. The number of hydrogen-bond acceptors (Lipinski definition) is 2. The van der Waals surface area contributed by atoms with Gasteiger partial charge in [0.05, 0.1) is 17.3 Å². The average molecular weight is 271 g/mol. The van der Waals surface area contributed by atoms with Gasteiger partial charge >= 0.3 is 0 Å². The number of rotatable bonds is 4. The van der Waals surface area contributed by atoms with Crippen molar-refractivity contribution in [2.45, 2.75) is 33.2 Å². The number of nitrogens with one attached hydrogen (secondary N) is 1. The van der Waals surface area contributed by atoms with Gasteiger partial charge < -0.3 is 5.32 Å². The van der Waals surface area contributed by atoms with E-state index in [1.807, 2.05) is 51.2 Å². The molecule has 4 nitrogen and oxygen atoms in total. The summed E-state index contributed by atoms with van der Waals surface area (Å²) in [7, 11) is 1.85. The Morgan fingerprint density at radius 2 is 1.95 bits per heavy atom. The summed E-state index contributed by atoms with van der Waals surface area (Å²) >= 11 is 0. The number of benzene rings is 1. The Kier molecular flexibility index (Phi) is 4.23. The molecule has 1 amide bonds. The molecular formula is C16H21N3O. The number of amides is 1. The highest BCUT2D eigenvalue weighted by Crippen LogP contribution is 2.18. The lowest BCUT2D eigenvalue weighted by Crippen LogP contribution is -2.29. The Balaban J connectivity index is 2.22. The molecule has 1 aromatic heterocycles. The number of nitrogens with zero attached hydrogens (tertiary/aromatic N) is 2. The van der Waals surface area contributed by atoms with Gasteiger partial charge in [-0.2, -0.15) is 5.10 Å². The molecule has 1 unspecified atom stereocenters. The third kappa shape index (κ3) is 2.74. The molecule has 0 aliphatic rings. The summed E-state index contributed by atoms with van der Waals surface area (Å²) in [6, 6.07) is 10.1. The topological polar surface area (TPSA) is 46.9 Å². The van der Waals surface area contributed by atoms with Crippen LogP contribution in [0.5, 0.6) is 0 Å². The molecule has 1 atom stereocenters. The normalized spacial score (nSPS) is 12.2. The van der Waals surface area contributed by atoms with Gasteiger partial charge in [0, 0.05) is 12.7 Å². The van der Waals surface area contributed by atoms with Gasteiger partial charge in [0.15, 0.2) is 0 Å². The van der Waals surface area contributed by atoms with Crippen LogP contribution >= 0.6 is 0 Å². The minimum atomic E-state index is -0.0520. The van der Waals surface area contributed by atoms with Crippen LogP contribution in [0.3, 0.4) is 0 Å². The molecule has 2 aromatic rings. The molecule has 0 aliphatic heterocycles. The highest BCUT2D eigenvalue weighted by Gasteiger charge is 2.20. The Hall–Kier alpha value is -2.10. The quantitative estimate of drug-likeness (QED) is 0.929. The lowest BCUT2D eigenvalue weighted by atomic mass is 10.0. The van der Waals surface area contributed by atoms with E-state index in [4.69, 9.17) is 0 Å². The third-order valence-electron chi connectivity index (χ3n) is 3.65. The molecule has 1 heterocycles. The van der Waals surface area contributed by atoms with Crippen molar-refractivity contribution < 1.29 is 4.79 Å². The van der Waals surface area contributed by atoms with E-state index < -0.39 is 0 Å². The molecule has 0 saturated carbocycles. The minimum Gasteiger partial charge on any atom is -0.345 e. The number of aryl methyl sites for hydroxylation is 2. The molecule has 2 rings (SSSR count). The van der Waals surface area contributed by atoms with Crippen LogP contribution < -0.4 is 5.32 Å². The van der Waals surface area contributed by atoms with Crippen molar-refractivity contribution >= 4 is 5.91 Å².